The Bertz CT molecular complexity index is 246. The topological polar surface area (TPSA) is 64.6 Å². The average molecular weight is 257 g/mol. The van der Waals surface area contributed by atoms with Crippen molar-refractivity contribution in [1.82, 2.24) is 15.5 Å². The molecule has 0 bridgehead atoms. The summed E-state index contributed by atoms with van der Waals surface area (Å²) >= 11 is 0. The summed E-state index contributed by atoms with van der Waals surface area (Å²) in [5.41, 5.74) is 0. The van der Waals surface area contributed by atoms with Crippen LogP contribution in [0.2, 0.25) is 0 Å². The lowest BCUT2D eigenvalue weighted by molar-refractivity contribution is 0.180. The van der Waals surface area contributed by atoms with Gasteiger partial charge in [0.15, 0.2) is 0 Å². The molecule has 0 spiro atoms. The van der Waals surface area contributed by atoms with E-state index in [4.69, 9.17) is 5.11 Å². The molecule has 1 heterocycles. The van der Waals surface area contributed by atoms with Gasteiger partial charge in [-0.2, -0.15) is 0 Å². The molecule has 1 fully saturated rings. The van der Waals surface area contributed by atoms with Crippen molar-refractivity contribution in [3.63, 3.8) is 0 Å². The molecule has 2 amide bonds. The van der Waals surface area contributed by atoms with Crippen LogP contribution in [0.15, 0.2) is 0 Å². The molecule has 18 heavy (non-hydrogen) atoms. The smallest absolute Gasteiger partial charge is 0.314 e. The number of urea groups is 1. The lowest BCUT2D eigenvalue weighted by Crippen LogP contribution is -2.43. The second-order valence-electron chi connectivity index (χ2n) is 5.37. The zero-order chi connectivity index (χ0) is 13.4. The molecule has 0 aromatic heterocycles. The first-order valence-corrected chi connectivity index (χ1v) is 7.00. The van der Waals surface area contributed by atoms with Crippen molar-refractivity contribution in [2.24, 2.45) is 5.92 Å². The molecule has 2 unspecified atom stereocenters. The van der Waals surface area contributed by atoms with Gasteiger partial charge in [-0.3, -0.25) is 0 Å². The van der Waals surface area contributed by atoms with E-state index in [1.807, 2.05) is 0 Å². The number of hydrogen-bond donors (Lipinski definition) is 3. The number of aliphatic hydroxyl groups is 1. The van der Waals surface area contributed by atoms with E-state index in [0.717, 1.165) is 25.6 Å². The third-order valence-corrected chi connectivity index (χ3v) is 3.30. The van der Waals surface area contributed by atoms with E-state index in [1.165, 1.54) is 12.8 Å². The molecule has 0 aromatic rings. The molecule has 2 atom stereocenters. The van der Waals surface area contributed by atoms with Crippen LogP contribution in [0.4, 0.5) is 4.79 Å². The van der Waals surface area contributed by atoms with Crippen LogP contribution in [0, 0.1) is 5.92 Å². The fraction of sp³-hybridized carbons (Fsp3) is 0.923. The summed E-state index contributed by atoms with van der Waals surface area (Å²) in [4.78, 5) is 13.8. The van der Waals surface area contributed by atoms with Gasteiger partial charge in [0.05, 0.1) is 6.10 Å². The van der Waals surface area contributed by atoms with Crippen molar-refractivity contribution in [2.75, 3.05) is 32.7 Å². The maximum absolute atomic E-state index is 11.4. The summed E-state index contributed by atoms with van der Waals surface area (Å²) in [7, 11) is 0. The van der Waals surface area contributed by atoms with Crippen molar-refractivity contribution in [3.8, 4) is 0 Å². The Labute approximate surface area is 110 Å². The summed E-state index contributed by atoms with van der Waals surface area (Å²) < 4.78 is 0. The Hall–Kier alpha value is -0.810. The van der Waals surface area contributed by atoms with E-state index in [0.29, 0.717) is 19.5 Å². The zero-order valence-electron chi connectivity index (χ0n) is 11.6. The quantitative estimate of drug-likeness (QED) is 0.659. The van der Waals surface area contributed by atoms with Crippen molar-refractivity contribution < 1.29 is 9.90 Å². The summed E-state index contributed by atoms with van der Waals surface area (Å²) in [6, 6.07) is -0.138. The zero-order valence-corrected chi connectivity index (χ0v) is 11.6. The number of likely N-dealkylation sites (tertiary alicyclic amines) is 1. The lowest BCUT2D eigenvalue weighted by atomic mass is 10.0. The number of carbonyl (C=O) groups excluding carboxylic acids is 1. The van der Waals surface area contributed by atoms with E-state index in [1.54, 1.807) is 6.92 Å². The number of hydrogen-bond acceptors (Lipinski definition) is 3. The summed E-state index contributed by atoms with van der Waals surface area (Å²) in [6.07, 6.45) is 2.82. The number of rotatable bonds is 6. The Balaban J connectivity index is 2.01. The molecule has 1 aliphatic rings. The Morgan fingerprint density at radius 3 is 2.83 bits per heavy atom. The molecular formula is C13H27N3O2. The Kier molecular flexibility index (Phi) is 7.05. The number of piperidine rings is 1. The van der Waals surface area contributed by atoms with Crippen LogP contribution in [0.25, 0.3) is 0 Å². The molecule has 0 radical (unpaired) electrons. The van der Waals surface area contributed by atoms with Crippen molar-refractivity contribution in [2.45, 2.75) is 39.2 Å². The van der Waals surface area contributed by atoms with E-state index < -0.39 is 0 Å². The number of aliphatic hydroxyl groups excluding tert-OH is 1. The summed E-state index contributed by atoms with van der Waals surface area (Å²) in [5.74, 6) is 0.776. The fourth-order valence-corrected chi connectivity index (χ4v) is 2.27. The van der Waals surface area contributed by atoms with E-state index >= 15 is 0 Å². The monoisotopic (exact) mass is 257 g/mol. The minimum Gasteiger partial charge on any atom is -0.393 e. The third kappa shape index (κ3) is 6.81. The first-order chi connectivity index (χ1) is 8.58. The first-order valence-electron chi connectivity index (χ1n) is 7.00. The van der Waals surface area contributed by atoms with Gasteiger partial charge in [0.2, 0.25) is 0 Å². The second-order valence-corrected chi connectivity index (χ2v) is 5.37. The van der Waals surface area contributed by atoms with E-state index in [9.17, 15) is 4.79 Å². The van der Waals surface area contributed by atoms with Crippen LogP contribution in [-0.2, 0) is 0 Å². The van der Waals surface area contributed by atoms with Gasteiger partial charge in [0.1, 0.15) is 0 Å². The molecule has 5 heteroatoms. The third-order valence-electron chi connectivity index (χ3n) is 3.30. The van der Waals surface area contributed by atoms with Crippen LogP contribution < -0.4 is 10.6 Å². The average Bonchev–Trinajstić information content (AvgIpc) is 2.28. The Morgan fingerprint density at radius 1 is 1.44 bits per heavy atom. The van der Waals surface area contributed by atoms with Gasteiger partial charge in [-0.1, -0.05) is 6.92 Å². The van der Waals surface area contributed by atoms with Crippen molar-refractivity contribution in [3.05, 3.63) is 0 Å². The number of nitrogens with one attached hydrogen (secondary N) is 2. The second kappa shape index (κ2) is 8.32. The highest BCUT2D eigenvalue weighted by Crippen LogP contribution is 2.14. The molecule has 106 valence electrons. The van der Waals surface area contributed by atoms with Gasteiger partial charge in [-0.15, -0.1) is 0 Å². The summed E-state index contributed by atoms with van der Waals surface area (Å²) in [6.45, 7) is 8.42. The molecule has 3 N–H and O–H groups in total. The number of amides is 2. The molecule has 5 nitrogen and oxygen atoms in total. The van der Waals surface area contributed by atoms with Gasteiger partial charge in [0, 0.05) is 26.2 Å². The van der Waals surface area contributed by atoms with Crippen molar-refractivity contribution >= 4 is 6.03 Å². The van der Waals surface area contributed by atoms with Crippen LogP contribution in [0.3, 0.4) is 0 Å². The van der Waals surface area contributed by atoms with Gasteiger partial charge >= 0.3 is 6.03 Å². The van der Waals surface area contributed by atoms with Crippen LogP contribution in [0.1, 0.15) is 33.1 Å². The van der Waals surface area contributed by atoms with E-state index in [2.05, 4.69) is 22.5 Å². The highest BCUT2D eigenvalue weighted by atomic mass is 16.3. The first kappa shape index (κ1) is 15.2. The summed E-state index contributed by atoms with van der Waals surface area (Å²) in [5, 5.41) is 14.6. The molecular weight excluding hydrogens is 230 g/mol. The highest BCUT2D eigenvalue weighted by Gasteiger charge is 2.15. The van der Waals surface area contributed by atoms with Gasteiger partial charge in [-0.25, -0.2) is 4.79 Å². The van der Waals surface area contributed by atoms with Crippen LogP contribution in [-0.4, -0.2) is 54.9 Å². The largest absolute Gasteiger partial charge is 0.393 e. The molecule has 0 saturated carbocycles. The molecule has 0 aliphatic carbocycles. The maximum Gasteiger partial charge on any atom is 0.314 e. The van der Waals surface area contributed by atoms with Gasteiger partial charge in [-0.05, 0) is 38.6 Å². The van der Waals surface area contributed by atoms with Crippen molar-refractivity contribution in [1.29, 1.82) is 0 Å². The van der Waals surface area contributed by atoms with E-state index in [-0.39, 0.29) is 12.1 Å². The van der Waals surface area contributed by atoms with Crippen LogP contribution in [0.5, 0.6) is 0 Å². The minimum absolute atomic E-state index is 0.138. The minimum atomic E-state index is -0.361. The molecule has 1 rings (SSSR count). The number of carbonyl (C=O) groups is 1. The lowest BCUT2D eigenvalue weighted by Gasteiger charge is -2.30. The van der Waals surface area contributed by atoms with Crippen LogP contribution >= 0.6 is 0 Å². The molecule has 1 saturated heterocycles. The predicted molar refractivity (Wildman–Crippen MR) is 72.5 cm³/mol. The molecule has 0 aromatic carbocycles. The normalized spacial score (nSPS) is 22.5. The fourth-order valence-electron chi connectivity index (χ4n) is 2.27. The predicted octanol–water partition coefficient (Wildman–Crippen LogP) is 0.788. The standard InChI is InChI=1S/C13H27N3O2/c1-11-4-3-8-16(10-11)9-7-15-13(18)14-6-5-12(2)17/h11-12,17H,3-10H2,1-2H3,(H2,14,15,18). The maximum atomic E-state index is 11.4. The SMILES string of the molecule is CC(O)CCNC(=O)NCCN1CCCC(C)C1. The number of nitrogens with zero attached hydrogens (tertiary/aromatic N) is 1. The molecule has 1 aliphatic heterocycles. The van der Waals surface area contributed by atoms with Gasteiger partial charge < -0.3 is 20.6 Å². The van der Waals surface area contributed by atoms with Gasteiger partial charge in [0.25, 0.3) is 0 Å². The Morgan fingerprint density at radius 2 is 2.17 bits per heavy atom. The highest BCUT2D eigenvalue weighted by molar-refractivity contribution is 5.73.